The molecule has 0 bridgehead atoms. The maximum absolute atomic E-state index is 2.59. The summed E-state index contributed by atoms with van der Waals surface area (Å²) in [5.41, 5.74) is 0. The summed E-state index contributed by atoms with van der Waals surface area (Å²) in [6, 6.07) is 17.3. The van der Waals surface area contributed by atoms with Gasteiger partial charge in [-0.15, -0.1) is 0 Å². The Bertz CT molecular complexity index is 619. The zero-order valence-electron chi connectivity index (χ0n) is 24.7. The average molecular weight is 712 g/mol. The van der Waals surface area contributed by atoms with E-state index in [1.165, 1.54) is 51.4 Å². The van der Waals surface area contributed by atoms with Gasteiger partial charge in [0.2, 0.25) is 0 Å². The minimum atomic E-state index is -2.06. The van der Waals surface area contributed by atoms with Crippen molar-refractivity contribution in [2.24, 2.45) is 0 Å². The molecule has 1 saturated heterocycles. The summed E-state index contributed by atoms with van der Waals surface area (Å²) in [6.07, 6.45) is 14.8. The molecule has 202 valence electrons. The van der Waals surface area contributed by atoms with Gasteiger partial charge in [0, 0.05) is 0 Å². The van der Waals surface area contributed by atoms with Crippen LogP contribution in [0.2, 0.25) is 53.6 Å². The Morgan fingerprint density at radius 1 is 0.629 bits per heavy atom. The molecule has 0 aliphatic carbocycles. The Labute approximate surface area is 231 Å². The molecule has 0 radical (unpaired) electrons. The zero-order valence-corrected chi connectivity index (χ0v) is 31.4. The molecular weight excluding hydrogens is 650 g/mol. The average Bonchev–Trinajstić information content (AvgIpc) is 2.91. The van der Waals surface area contributed by atoms with E-state index in [0.29, 0.717) is 0 Å². The molecule has 1 aromatic carbocycles. The summed E-state index contributed by atoms with van der Waals surface area (Å²) in [4.78, 5) is 0. The first kappa shape index (κ1) is 32.2. The van der Waals surface area contributed by atoms with Gasteiger partial charge in [-0.1, -0.05) is 0 Å². The van der Waals surface area contributed by atoms with Crippen LogP contribution >= 0.6 is 0 Å². The van der Waals surface area contributed by atoms with Gasteiger partial charge in [-0.2, -0.15) is 0 Å². The Morgan fingerprint density at radius 2 is 1.09 bits per heavy atom. The summed E-state index contributed by atoms with van der Waals surface area (Å²) in [7, 11) is -1.35. The summed E-state index contributed by atoms with van der Waals surface area (Å²) < 4.78 is 13.8. The molecule has 35 heavy (non-hydrogen) atoms. The van der Waals surface area contributed by atoms with E-state index in [-0.39, 0.29) is 0 Å². The van der Waals surface area contributed by atoms with Crippen molar-refractivity contribution in [1.82, 2.24) is 0 Å². The van der Waals surface area contributed by atoms with Gasteiger partial charge in [-0.25, -0.2) is 0 Å². The molecule has 1 fully saturated rings. The molecule has 0 spiro atoms. The van der Waals surface area contributed by atoms with Crippen LogP contribution in [-0.2, 0) is 0 Å². The van der Waals surface area contributed by atoms with Gasteiger partial charge in [-0.05, 0) is 0 Å². The van der Waals surface area contributed by atoms with Crippen LogP contribution in [0.3, 0.4) is 0 Å². The van der Waals surface area contributed by atoms with Crippen molar-refractivity contribution in [3.05, 3.63) is 30.3 Å². The molecule has 0 aromatic heterocycles. The van der Waals surface area contributed by atoms with Gasteiger partial charge in [0.25, 0.3) is 0 Å². The van der Waals surface area contributed by atoms with Crippen molar-refractivity contribution < 1.29 is 0 Å². The first-order valence-corrected chi connectivity index (χ1v) is 34.9. The molecule has 0 saturated carbocycles. The molecule has 3 heteroatoms. The fraction of sp³-hybridized carbons (Fsp3) is 0.812. The second kappa shape index (κ2) is 17.6. The van der Waals surface area contributed by atoms with E-state index in [9.17, 15) is 0 Å². The quantitative estimate of drug-likeness (QED) is 0.125. The van der Waals surface area contributed by atoms with Crippen molar-refractivity contribution in [2.45, 2.75) is 152 Å². The van der Waals surface area contributed by atoms with Crippen LogP contribution in [0.4, 0.5) is 0 Å². The van der Waals surface area contributed by atoms with Crippen LogP contribution in [0.1, 0.15) is 98.8 Å². The minimum absolute atomic E-state index is 1.35. The van der Waals surface area contributed by atoms with E-state index < -0.39 is 44.8 Å². The number of hydrogen-bond donors (Lipinski definition) is 0. The molecule has 0 nitrogen and oxygen atoms in total. The fourth-order valence-corrected chi connectivity index (χ4v) is 63.1. The third-order valence-electron chi connectivity index (χ3n) is 10.1. The molecule has 0 amide bonds. The summed E-state index contributed by atoms with van der Waals surface area (Å²) in [5, 5.41) is 1.87. The molecule has 0 atom stereocenters. The first-order valence-electron chi connectivity index (χ1n) is 16.1. The SMILES string of the molecule is CCC[CH2][Sn]([CH2]CCC)([CH2]CCC)[CH2]C[Si]1(c2ccccc2)C[CH2][Sn]([CH2]CCC)([CH2]CCC)[CH2]C1. The number of rotatable bonds is 19. The van der Waals surface area contributed by atoms with Gasteiger partial charge < -0.3 is 0 Å². The van der Waals surface area contributed by atoms with Crippen molar-refractivity contribution >= 4 is 50.0 Å². The van der Waals surface area contributed by atoms with E-state index >= 15 is 0 Å². The Hall–Kier alpha value is 1.03. The molecule has 1 heterocycles. The van der Waals surface area contributed by atoms with Crippen LogP contribution in [0, 0.1) is 0 Å². The van der Waals surface area contributed by atoms with Gasteiger partial charge in [-0.3, -0.25) is 0 Å². The second-order valence-corrected chi connectivity index (χ2v) is 45.8. The van der Waals surface area contributed by atoms with Crippen LogP contribution in [0.5, 0.6) is 0 Å². The number of unbranched alkanes of at least 4 members (excludes halogenated alkanes) is 5. The summed E-state index contributed by atoms with van der Waals surface area (Å²) >= 11 is -3.97. The predicted octanol–water partition coefficient (Wildman–Crippen LogP) is 11.3. The number of hydrogen-bond acceptors (Lipinski definition) is 0. The molecule has 1 aliphatic rings. The van der Waals surface area contributed by atoms with E-state index in [0.717, 1.165) is 0 Å². The van der Waals surface area contributed by atoms with Gasteiger partial charge >= 0.3 is 233 Å². The van der Waals surface area contributed by atoms with E-state index in [1.54, 1.807) is 66.5 Å². The normalized spacial score (nSPS) is 17.5. The van der Waals surface area contributed by atoms with Crippen LogP contribution < -0.4 is 5.19 Å². The topological polar surface area (TPSA) is 0 Å². The van der Waals surface area contributed by atoms with E-state index in [1.807, 2.05) is 5.19 Å². The van der Waals surface area contributed by atoms with Crippen LogP contribution in [-0.4, -0.2) is 44.8 Å². The van der Waals surface area contributed by atoms with E-state index in [4.69, 9.17) is 0 Å². The van der Waals surface area contributed by atoms with Gasteiger partial charge in [0.05, 0.1) is 0 Å². The third-order valence-corrected chi connectivity index (χ3v) is 51.0. The molecule has 0 N–H and O–H groups in total. The fourth-order valence-electron chi connectivity index (χ4n) is 7.37. The Balaban J connectivity index is 2.28. The standard InChI is InChI=1S/C12H17Si.5C4H9.2Sn/c1-4-13(5-2,6-3)12-10-8-7-9-11-12;5*1-3-4-2;;/h7-11H,1-6H2;5*1,3-4H2,2H3;;. The second-order valence-electron chi connectivity index (χ2n) is 12.7. The van der Waals surface area contributed by atoms with Gasteiger partial charge in [0.15, 0.2) is 0 Å². The van der Waals surface area contributed by atoms with E-state index in [2.05, 4.69) is 65.0 Å². The zero-order chi connectivity index (χ0) is 25.5. The summed E-state index contributed by atoms with van der Waals surface area (Å²) in [6.45, 7) is 12.2. The predicted molar refractivity (Wildman–Crippen MR) is 171 cm³/mol. The molecule has 0 unspecified atom stereocenters. The monoisotopic (exact) mass is 714 g/mol. The molecule has 2 rings (SSSR count). The van der Waals surface area contributed by atoms with Crippen molar-refractivity contribution in [3.63, 3.8) is 0 Å². The van der Waals surface area contributed by atoms with Gasteiger partial charge in [0.1, 0.15) is 0 Å². The summed E-state index contributed by atoms with van der Waals surface area (Å²) in [5.74, 6) is 0. The number of benzene rings is 1. The van der Waals surface area contributed by atoms with Crippen LogP contribution in [0.25, 0.3) is 0 Å². The Kier molecular flexibility index (Phi) is 16.2. The van der Waals surface area contributed by atoms with Crippen molar-refractivity contribution in [1.29, 1.82) is 0 Å². The molecule has 1 aromatic rings. The Morgan fingerprint density at radius 3 is 1.51 bits per heavy atom. The molecular formula is C32H62SiSn2. The van der Waals surface area contributed by atoms with Crippen LogP contribution in [0.15, 0.2) is 30.3 Å². The van der Waals surface area contributed by atoms with Crippen molar-refractivity contribution in [3.8, 4) is 0 Å². The third kappa shape index (κ3) is 10.3. The maximum atomic E-state index is 2.59. The van der Waals surface area contributed by atoms with Crippen molar-refractivity contribution in [2.75, 3.05) is 0 Å². The molecule has 1 aliphatic heterocycles. The first-order chi connectivity index (χ1) is 17.0.